The highest BCUT2D eigenvalue weighted by Gasteiger charge is 2.55. The monoisotopic (exact) mass is 346 g/mol. The van der Waals surface area contributed by atoms with Crippen LogP contribution in [0.1, 0.15) is 65.2 Å². The summed E-state index contributed by atoms with van der Waals surface area (Å²) in [4.78, 5) is 41.7. The van der Waals surface area contributed by atoms with Crippen LogP contribution in [0, 0.1) is 25.2 Å². The SMILES string of the molecule is CC(=O)c1c(C)[nH]c(C(=O)C(C)N2C[C@@H]3CCC[C@@]3(C(=O)O)C2)c1C. The highest BCUT2D eigenvalue weighted by molar-refractivity contribution is 6.05. The van der Waals surface area contributed by atoms with E-state index >= 15 is 0 Å². The largest absolute Gasteiger partial charge is 0.481 e. The molecular formula is C19H26N2O4. The first-order valence-electron chi connectivity index (χ1n) is 8.90. The molecule has 1 unspecified atom stereocenters. The van der Waals surface area contributed by atoms with Gasteiger partial charge in [-0.15, -0.1) is 0 Å². The van der Waals surface area contributed by atoms with E-state index in [1.807, 2.05) is 11.8 Å². The number of carboxylic acid groups (broad SMARTS) is 1. The molecule has 1 saturated heterocycles. The minimum absolute atomic E-state index is 0.0570. The van der Waals surface area contributed by atoms with Crippen molar-refractivity contribution in [1.29, 1.82) is 0 Å². The number of ketones is 2. The lowest BCUT2D eigenvalue weighted by Gasteiger charge is -2.26. The molecule has 0 amide bonds. The first kappa shape index (κ1) is 17.9. The number of H-pyrrole nitrogens is 1. The maximum atomic E-state index is 13.0. The molecule has 1 aromatic heterocycles. The van der Waals surface area contributed by atoms with E-state index in [1.165, 1.54) is 6.92 Å². The van der Waals surface area contributed by atoms with Gasteiger partial charge in [-0.3, -0.25) is 19.3 Å². The zero-order valence-corrected chi connectivity index (χ0v) is 15.3. The van der Waals surface area contributed by atoms with E-state index in [0.717, 1.165) is 12.8 Å². The molecule has 1 aliphatic heterocycles. The Hall–Kier alpha value is -1.95. The van der Waals surface area contributed by atoms with Crippen molar-refractivity contribution in [2.75, 3.05) is 13.1 Å². The lowest BCUT2D eigenvalue weighted by atomic mass is 9.81. The quantitative estimate of drug-likeness (QED) is 0.800. The third-order valence-electron chi connectivity index (χ3n) is 6.29. The second kappa shape index (κ2) is 6.09. The zero-order chi connectivity index (χ0) is 18.5. The third kappa shape index (κ3) is 2.63. The summed E-state index contributed by atoms with van der Waals surface area (Å²) >= 11 is 0. The molecule has 3 atom stereocenters. The molecule has 3 rings (SSSR count). The molecule has 0 aromatic carbocycles. The van der Waals surface area contributed by atoms with Gasteiger partial charge in [0.15, 0.2) is 11.6 Å². The number of aryl methyl sites for hydroxylation is 1. The van der Waals surface area contributed by atoms with Gasteiger partial charge in [0.25, 0.3) is 0 Å². The van der Waals surface area contributed by atoms with Crippen molar-refractivity contribution >= 4 is 17.5 Å². The summed E-state index contributed by atoms with van der Waals surface area (Å²) in [5, 5.41) is 9.72. The van der Waals surface area contributed by atoms with Gasteiger partial charge in [-0.05, 0) is 52.0 Å². The molecule has 25 heavy (non-hydrogen) atoms. The van der Waals surface area contributed by atoms with Crippen LogP contribution in [0.15, 0.2) is 0 Å². The summed E-state index contributed by atoms with van der Waals surface area (Å²) in [6.07, 6.45) is 2.56. The number of fused-ring (bicyclic) bond motifs is 1. The number of nitrogens with one attached hydrogen (secondary N) is 1. The number of rotatable bonds is 5. The summed E-state index contributed by atoms with van der Waals surface area (Å²) in [5.41, 5.74) is 1.75. The van der Waals surface area contributed by atoms with E-state index in [9.17, 15) is 19.5 Å². The fraction of sp³-hybridized carbons (Fsp3) is 0.632. The van der Waals surface area contributed by atoms with E-state index < -0.39 is 17.4 Å². The van der Waals surface area contributed by atoms with Crippen LogP contribution >= 0.6 is 0 Å². The van der Waals surface area contributed by atoms with Crippen molar-refractivity contribution in [2.45, 2.75) is 53.0 Å². The number of Topliss-reactive ketones (excluding diaryl/α,β-unsaturated/α-hetero) is 2. The molecule has 2 aliphatic rings. The number of aliphatic carboxylic acids is 1. The number of carbonyl (C=O) groups excluding carboxylic acids is 2. The van der Waals surface area contributed by atoms with Crippen LogP contribution in [-0.4, -0.2) is 51.7 Å². The van der Waals surface area contributed by atoms with E-state index in [1.54, 1.807) is 13.8 Å². The van der Waals surface area contributed by atoms with E-state index in [-0.39, 0.29) is 17.5 Å². The Balaban J connectivity index is 1.84. The first-order valence-corrected chi connectivity index (χ1v) is 8.90. The standard InChI is InChI=1S/C19H26N2O4/c1-10-15(13(4)22)11(2)20-16(10)17(23)12(3)21-8-14-6-5-7-19(14,9-21)18(24)25/h12,14,20H,5-9H2,1-4H3,(H,24,25)/t12?,14-,19+/m0/s1. The number of aromatic nitrogens is 1. The number of likely N-dealkylation sites (tertiary alicyclic amines) is 1. The van der Waals surface area contributed by atoms with Crippen LogP contribution in [0.5, 0.6) is 0 Å². The number of hydrogen-bond donors (Lipinski definition) is 2. The number of aromatic amines is 1. The van der Waals surface area contributed by atoms with Crippen molar-refractivity contribution < 1.29 is 19.5 Å². The number of carboxylic acids is 1. The second-order valence-corrected chi connectivity index (χ2v) is 7.70. The van der Waals surface area contributed by atoms with E-state index in [0.29, 0.717) is 42.0 Å². The van der Waals surface area contributed by atoms with Gasteiger partial charge in [0.05, 0.1) is 17.2 Å². The van der Waals surface area contributed by atoms with Gasteiger partial charge in [0, 0.05) is 24.3 Å². The van der Waals surface area contributed by atoms with Crippen LogP contribution in [-0.2, 0) is 4.79 Å². The minimum atomic E-state index is -0.733. The van der Waals surface area contributed by atoms with Gasteiger partial charge in [-0.2, -0.15) is 0 Å². The van der Waals surface area contributed by atoms with Crippen molar-refractivity contribution in [1.82, 2.24) is 9.88 Å². The summed E-state index contributed by atoms with van der Waals surface area (Å²) in [6.45, 7) is 8.00. The van der Waals surface area contributed by atoms with Gasteiger partial charge in [0.2, 0.25) is 0 Å². The second-order valence-electron chi connectivity index (χ2n) is 7.70. The molecule has 2 N–H and O–H groups in total. The van der Waals surface area contributed by atoms with Gasteiger partial charge in [-0.25, -0.2) is 0 Å². The highest BCUT2D eigenvalue weighted by atomic mass is 16.4. The lowest BCUT2D eigenvalue weighted by Crippen LogP contribution is -2.41. The molecule has 136 valence electrons. The van der Waals surface area contributed by atoms with E-state index in [2.05, 4.69) is 4.98 Å². The smallest absolute Gasteiger partial charge is 0.311 e. The number of nitrogens with zero attached hydrogens (tertiary/aromatic N) is 1. The molecular weight excluding hydrogens is 320 g/mol. The molecule has 6 heteroatoms. The van der Waals surface area contributed by atoms with Crippen molar-refractivity contribution in [3.8, 4) is 0 Å². The molecule has 1 aliphatic carbocycles. The molecule has 1 saturated carbocycles. The first-order chi connectivity index (χ1) is 11.7. The number of carbonyl (C=O) groups is 3. The fourth-order valence-corrected chi connectivity index (χ4v) is 4.87. The highest BCUT2D eigenvalue weighted by Crippen LogP contribution is 2.49. The zero-order valence-electron chi connectivity index (χ0n) is 15.3. The minimum Gasteiger partial charge on any atom is -0.481 e. The Labute approximate surface area is 147 Å². The van der Waals surface area contributed by atoms with Crippen molar-refractivity contribution in [3.05, 3.63) is 22.5 Å². The Morgan fingerprint density at radius 1 is 1.32 bits per heavy atom. The fourth-order valence-electron chi connectivity index (χ4n) is 4.87. The van der Waals surface area contributed by atoms with Gasteiger partial charge in [0.1, 0.15) is 0 Å². The van der Waals surface area contributed by atoms with Crippen molar-refractivity contribution in [3.63, 3.8) is 0 Å². The average Bonchev–Trinajstić information content (AvgIpc) is 3.16. The maximum Gasteiger partial charge on any atom is 0.311 e. The van der Waals surface area contributed by atoms with Crippen LogP contribution in [0.4, 0.5) is 0 Å². The Morgan fingerprint density at radius 3 is 2.52 bits per heavy atom. The van der Waals surface area contributed by atoms with Crippen LogP contribution in [0.25, 0.3) is 0 Å². The Morgan fingerprint density at radius 2 is 2.00 bits per heavy atom. The molecule has 2 heterocycles. The van der Waals surface area contributed by atoms with Crippen LogP contribution in [0.2, 0.25) is 0 Å². The molecule has 0 spiro atoms. The molecule has 0 radical (unpaired) electrons. The predicted octanol–water partition coefficient (Wildman–Crippen LogP) is 2.59. The normalized spacial score (nSPS) is 27.3. The van der Waals surface area contributed by atoms with Gasteiger partial charge < -0.3 is 10.1 Å². The summed E-state index contributed by atoms with van der Waals surface area (Å²) in [7, 11) is 0. The van der Waals surface area contributed by atoms with Crippen LogP contribution < -0.4 is 0 Å². The topological polar surface area (TPSA) is 90.5 Å². The maximum absolute atomic E-state index is 13.0. The summed E-state index contributed by atoms with van der Waals surface area (Å²) in [6, 6.07) is -0.404. The van der Waals surface area contributed by atoms with Crippen molar-refractivity contribution in [2.24, 2.45) is 11.3 Å². The predicted molar refractivity (Wildman–Crippen MR) is 93.0 cm³/mol. The Kier molecular flexibility index (Phi) is 4.35. The lowest BCUT2D eigenvalue weighted by molar-refractivity contribution is -0.149. The number of hydrogen-bond acceptors (Lipinski definition) is 4. The van der Waals surface area contributed by atoms with Crippen LogP contribution in [0.3, 0.4) is 0 Å². The average molecular weight is 346 g/mol. The molecule has 1 aromatic rings. The van der Waals surface area contributed by atoms with Gasteiger partial charge >= 0.3 is 5.97 Å². The summed E-state index contributed by atoms with van der Waals surface area (Å²) < 4.78 is 0. The summed E-state index contributed by atoms with van der Waals surface area (Å²) in [5.74, 6) is -0.741. The van der Waals surface area contributed by atoms with E-state index in [4.69, 9.17) is 0 Å². The molecule has 6 nitrogen and oxygen atoms in total. The Bertz CT molecular complexity index is 751. The van der Waals surface area contributed by atoms with Gasteiger partial charge in [-0.1, -0.05) is 6.42 Å². The molecule has 2 fully saturated rings. The third-order valence-corrected chi connectivity index (χ3v) is 6.29. The molecule has 0 bridgehead atoms.